The number of likely N-dealkylation sites (tertiary alicyclic amines) is 2. The highest BCUT2D eigenvalue weighted by atomic mass is 32.1. The van der Waals surface area contributed by atoms with Gasteiger partial charge in [-0.3, -0.25) is 29.4 Å². The zero-order valence-corrected chi connectivity index (χ0v) is 34.6. The molecule has 9 rings (SSSR count). The Hall–Kier alpha value is -4.92. The van der Waals surface area contributed by atoms with Crippen LogP contribution in [0.15, 0.2) is 47.4 Å². The van der Waals surface area contributed by atoms with Crippen LogP contribution in [0.4, 0.5) is 5.69 Å². The number of imide groups is 1. The van der Waals surface area contributed by atoms with E-state index in [0.29, 0.717) is 40.3 Å². The molecule has 0 radical (unpaired) electrons. The van der Waals surface area contributed by atoms with Crippen molar-refractivity contribution in [2.24, 2.45) is 18.4 Å². The number of pyridine rings is 1. The van der Waals surface area contributed by atoms with E-state index < -0.39 is 6.04 Å². The fourth-order valence-corrected chi connectivity index (χ4v) is 11.0. The third-order valence-electron chi connectivity index (χ3n) is 13.4. The molecule has 306 valence electrons. The van der Waals surface area contributed by atoms with E-state index in [-0.39, 0.29) is 29.7 Å². The summed E-state index contributed by atoms with van der Waals surface area (Å²) in [5.74, 6) is 1.47. The van der Waals surface area contributed by atoms with Crippen molar-refractivity contribution in [3.8, 4) is 27.7 Å². The number of ether oxygens (including phenoxy) is 3. The number of carbonyl (C=O) groups is 3. The number of aromatic nitrogens is 1. The van der Waals surface area contributed by atoms with E-state index in [4.69, 9.17) is 14.2 Å². The first-order chi connectivity index (χ1) is 28.0. The standard InChI is InChI=1S/C44H52N6O7S/c1-46-23-33(40-32(42(46)53)20-39(57-4)58-40)29-17-36(55-2)34(37(18-29)56-3)24-47-13-9-27(10-14-47)21-48-15-11-44(12-16-48)25-49(26-44)30-6-5-28-22-50(43(54)31(28)19-30)35-7-8-38(51)45-41(35)52/h5-6,17-20,23,27,35H,7-16,21-22,24-26H2,1-4H3,(H,45,51,52). The van der Waals surface area contributed by atoms with E-state index >= 15 is 0 Å². The first-order valence-corrected chi connectivity index (χ1v) is 21.3. The van der Waals surface area contributed by atoms with E-state index in [1.54, 1.807) is 37.8 Å². The molecule has 1 N–H and O–H groups in total. The second-order valence-electron chi connectivity index (χ2n) is 16.9. The molecule has 5 aliphatic heterocycles. The largest absolute Gasteiger partial charge is 0.496 e. The van der Waals surface area contributed by atoms with Crippen molar-refractivity contribution >= 4 is 44.8 Å². The first kappa shape index (κ1) is 38.6. The summed E-state index contributed by atoms with van der Waals surface area (Å²) < 4.78 is 19.9. The molecular formula is C44H52N6O7S. The van der Waals surface area contributed by atoms with Crippen molar-refractivity contribution in [3.63, 3.8) is 0 Å². The molecule has 0 saturated carbocycles. The van der Waals surface area contributed by atoms with Crippen LogP contribution in [0.5, 0.6) is 16.6 Å². The molecule has 2 aromatic carbocycles. The second-order valence-corrected chi connectivity index (χ2v) is 18.0. The average molecular weight is 809 g/mol. The molecule has 14 heteroatoms. The Bertz CT molecular complexity index is 2310. The van der Waals surface area contributed by atoms with Crippen molar-refractivity contribution in [1.29, 1.82) is 0 Å². The van der Waals surface area contributed by atoms with Gasteiger partial charge in [0.1, 0.15) is 17.5 Å². The van der Waals surface area contributed by atoms with Gasteiger partial charge in [0.15, 0.2) is 5.06 Å². The summed E-state index contributed by atoms with van der Waals surface area (Å²) in [7, 11) is 6.81. The molecule has 5 aliphatic rings. The zero-order chi connectivity index (χ0) is 40.3. The predicted molar refractivity (Wildman–Crippen MR) is 223 cm³/mol. The van der Waals surface area contributed by atoms with Crippen molar-refractivity contribution < 1.29 is 28.6 Å². The smallest absolute Gasteiger partial charge is 0.259 e. The van der Waals surface area contributed by atoms with Crippen molar-refractivity contribution in [1.82, 2.24) is 24.6 Å². The molecule has 1 spiro atoms. The lowest BCUT2D eigenvalue weighted by Gasteiger charge is -2.55. The van der Waals surface area contributed by atoms with E-state index in [9.17, 15) is 19.2 Å². The normalized spacial score (nSPS) is 21.4. The number of piperidine rings is 3. The number of carbonyl (C=O) groups excluding carboxylic acids is 3. The number of rotatable bonds is 10. The minimum absolute atomic E-state index is 0.0529. The van der Waals surface area contributed by atoms with Gasteiger partial charge >= 0.3 is 0 Å². The maximum Gasteiger partial charge on any atom is 0.259 e. The Morgan fingerprint density at radius 3 is 2.24 bits per heavy atom. The third-order valence-corrected chi connectivity index (χ3v) is 14.5. The lowest BCUT2D eigenvalue weighted by Crippen LogP contribution is -2.60. The van der Waals surface area contributed by atoms with E-state index in [2.05, 4.69) is 38.2 Å². The summed E-state index contributed by atoms with van der Waals surface area (Å²) in [5, 5.41) is 3.72. The van der Waals surface area contributed by atoms with Crippen LogP contribution in [0.3, 0.4) is 0 Å². The summed E-state index contributed by atoms with van der Waals surface area (Å²) in [5.41, 5.74) is 5.88. The lowest BCUT2D eigenvalue weighted by molar-refractivity contribution is -0.136. The van der Waals surface area contributed by atoms with Gasteiger partial charge in [-0.05, 0) is 99.6 Å². The highest BCUT2D eigenvalue weighted by Gasteiger charge is 2.46. The van der Waals surface area contributed by atoms with Crippen LogP contribution in [-0.4, -0.2) is 110 Å². The molecule has 4 aromatic rings. The van der Waals surface area contributed by atoms with E-state index in [1.165, 1.54) is 24.2 Å². The molecule has 0 aliphatic carbocycles. The number of fused-ring (bicyclic) bond motifs is 2. The lowest BCUT2D eigenvalue weighted by atomic mass is 9.71. The van der Waals surface area contributed by atoms with Crippen LogP contribution in [0.25, 0.3) is 21.2 Å². The van der Waals surface area contributed by atoms with Gasteiger partial charge in [0, 0.05) is 80.7 Å². The molecule has 0 bridgehead atoms. The summed E-state index contributed by atoms with van der Waals surface area (Å²) in [6, 6.07) is 11.5. The van der Waals surface area contributed by atoms with Gasteiger partial charge in [0.05, 0.1) is 37.0 Å². The summed E-state index contributed by atoms with van der Waals surface area (Å²) in [6.45, 7) is 8.61. The topological polar surface area (TPSA) is 126 Å². The average Bonchev–Trinajstić information content (AvgIpc) is 3.80. The predicted octanol–water partition coefficient (Wildman–Crippen LogP) is 4.87. The minimum Gasteiger partial charge on any atom is -0.496 e. The highest BCUT2D eigenvalue weighted by Crippen LogP contribution is 2.45. The molecule has 58 heavy (non-hydrogen) atoms. The number of hydrogen-bond donors (Lipinski definition) is 1. The Labute approximate surface area is 342 Å². The molecule has 13 nitrogen and oxygen atoms in total. The number of anilines is 1. The van der Waals surface area contributed by atoms with Gasteiger partial charge in [0.25, 0.3) is 11.5 Å². The molecule has 2 aromatic heterocycles. The number of amides is 3. The summed E-state index contributed by atoms with van der Waals surface area (Å²) in [4.78, 5) is 59.6. The fourth-order valence-electron chi connectivity index (χ4n) is 9.96. The maximum absolute atomic E-state index is 13.4. The number of methoxy groups -OCH3 is 3. The monoisotopic (exact) mass is 808 g/mol. The van der Waals surface area contributed by atoms with Crippen molar-refractivity contribution in [2.45, 2.75) is 57.7 Å². The Kier molecular flexibility index (Phi) is 10.2. The van der Waals surface area contributed by atoms with Gasteiger partial charge < -0.3 is 33.5 Å². The van der Waals surface area contributed by atoms with Crippen LogP contribution >= 0.6 is 11.3 Å². The summed E-state index contributed by atoms with van der Waals surface area (Å²) >= 11 is 1.47. The Morgan fingerprint density at radius 2 is 1.57 bits per heavy atom. The van der Waals surface area contributed by atoms with Gasteiger partial charge in [-0.2, -0.15) is 0 Å². The highest BCUT2D eigenvalue weighted by molar-refractivity contribution is 7.21. The van der Waals surface area contributed by atoms with Crippen LogP contribution in [-0.2, 0) is 29.7 Å². The molecule has 4 saturated heterocycles. The number of nitrogens with one attached hydrogen (secondary N) is 1. The van der Waals surface area contributed by atoms with Gasteiger partial charge in [-0.25, -0.2) is 0 Å². The number of nitrogens with zero attached hydrogens (tertiary/aromatic N) is 5. The Morgan fingerprint density at radius 1 is 0.845 bits per heavy atom. The van der Waals surface area contributed by atoms with Gasteiger partial charge in [-0.1, -0.05) is 17.4 Å². The Balaban J connectivity index is 0.768. The zero-order valence-electron chi connectivity index (χ0n) is 33.8. The van der Waals surface area contributed by atoms with Crippen LogP contribution in [0.2, 0.25) is 0 Å². The quantitative estimate of drug-likeness (QED) is 0.222. The minimum atomic E-state index is -0.589. The maximum atomic E-state index is 13.4. The molecule has 4 fully saturated rings. The molecular weight excluding hydrogens is 757 g/mol. The van der Waals surface area contributed by atoms with Gasteiger partial charge in [-0.15, -0.1) is 0 Å². The van der Waals surface area contributed by atoms with Crippen LogP contribution < -0.4 is 30.0 Å². The molecule has 3 amide bonds. The van der Waals surface area contributed by atoms with Gasteiger partial charge in [0.2, 0.25) is 11.8 Å². The van der Waals surface area contributed by atoms with Crippen molar-refractivity contribution in [2.75, 3.05) is 72.0 Å². The first-order valence-electron chi connectivity index (χ1n) is 20.4. The second kappa shape index (κ2) is 15.4. The summed E-state index contributed by atoms with van der Waals surface area (Å²) in [6.07, 6.45) is 7.21. The molecule has 7 heterocycles. The number of hydrogen-bond acceptors (Lipinski definition) is 11. The van der Waals surface area contributed by atoms with Crippen molar-refractivity contribution in [3.05, 3.63) is 69.6 Å². The SMILES string of the molecule is COc1cc2c(=O)n(C)cc(-c3cc(OC)c(CN4CCC(CN5CCC6(CC5)CN(c5ccc7c(c5)C(=O)N(C5CCC(=O)NC5=O)C7)C6)CC4)c(OC)c3)c2s1. The molecule has 1 unspecified atom stereocenters. The third kappa shape index (κ3) is 7.02. The van der Waals surface area contributed by atoms with Crippen LogP contribution in [0.1, 0.15) is 60.0 Å². The number of thiophene rings is 1. The fraction of sp³-hybridized carbons (Fsp3) is 0.500. The number of aryl methyl sites for hydroxylation is 1. The molecule has 1 atom stereocenters. The van der Waals surface area contributed by atoms with E-state index in [1.807, 2.05) is 24.4 Å². The number of benzene rings is 2. The van der Waals surface area contributed by atoms with E-state index in [0.717, 1.165) is 109 Å². The van der Waals surface area contributed by atoms with Crippen LogP contribution in [0, 0.1) is 11.3 Å².